The molecule has 1 aromatic rings. The van der Waals surface area contributed by atoms with Gasteiger partial charge in [-0.05, 0) is 49.9 Å². The van der Waals surface area contributed by atoms with Crippen LogP contribution in [0.1, 0.15) is 49.7 Å². The highest BCUT2D eigenvalue weighted by atomic mass is 15.2. The summed E-state index contributed by atoms with van der Waals surface area (Å²) in [6.07, 6.45) is 7.93. The van der Waals surface area contributed by atoms with E-state index >= 15 is 0 Å². The molecule has 3 rings (SSSR count). The topological polar surface area (TPSA) is 39.7 Å². The van der Waals surface area contributed by atoms with Gasteiger partial charge in [-0.25, -0.2) is 0 Å². The number of aliphatic imine (C=N–C) groups is 1. The van der Waals surface area contributed by atoms with Crippen molar-refractivity contribution in [3.05, 3.63) is 35.4 Å². The first-order valence-corrected chi connectivity index (χ1v) is 9.11. The molecule has 1 saturated heterocycles. The molecule has 0 radical (unpaired) electrons. The summed E-state index contributed by atoms with van der Waals surface area (Å²) in [6.45, 7) is 4.44. The van der Waals surface area contributed by atoms with E-state index in [0.29, 0.717) is 6.04 Å². The van der Waals surface area contributed by atoms with Crippen LogP contribution in [0.15, 0.2) is 29.3 Å². The first-order valence-electron chi connectivity index (χ1n) is 9.11. The summed E-state index contributed by atoms with van der Waals surface area (Å²) in [4.78, 5) is 6.88. The predicted molar refractivity (Wildman–Crippen MR) is 96.5 cm³/mol. The number of rotatable bonds is 5. The third-order valence-electron chi connectivity index (χ3n) is 5.01. The largest absolute Gasteiger partial charge is 0.354 e. The van der Waals surface area contributed by atoms with Crippen molar-refractivity contribution in [2.75, 3.05) is 20.1 Å². The number of guanidine groups is 1. The quantitative estimate of drug-likeness (QED) is 0.648. The Morgan fingerprint density at radius 2 is 1.70 bits per heavy atom. The maximum atomic E-state index is 4.34. The van der Waals surface area contributed by atoms with Crippen molar-refractivity contribution in [2.45, 2.75) is 57.7 Å². The van der Waals surface area contributed by atoms with Gasteiger partial charge >= 0.3 is 0 Å². The fourth-order valence-corrected chi connectivity index (χ4v) is 3.61. The van der Waals surface area contributed by atoms with Crippen molar-refractivity contribution in [3.63, 3.8) is 0 Å². The zero-order valence-corrected chi connectivity index (χ0v) is 14.4. The Balaban J connectivity index is 1.45. The molecule has 0 unspecified atom stereocenters. The Morgan fingerprint density at radius 3 is 2.35 bits per heavy atom. The van der Waals surface area contributed by atoms with Crippen molar-refractivity contribution in [2.24, 2.45) is 4.99 Å². The van der Waals surface area contributed by atoms with Crippen LogP contribution >= 0.6 is 0 Å². The molecule has 1 aliphatic carbocycles. The minimum Gasteiger partial charge on any atom is -0.354 e. The minimum atomic E-state index is 0.601. The van der Waals surface area contributed by atoms with Crippen LogP contribution in [-0.2, 0) is 13.1 Å². The number of benzene rings is 1. The van der Waals surface area contributed by atoms with Gasteiger partial charge in [0.15, 0.2) is 5.96 Å². The summed E-state index contributed by atoms with van der Waals surface area (Å²) in [7, 11) is 1.85. The standard InChI is InChI=1S/C19H30N4/c1-20-19(22-18-6-2-3-7-18)21-14-16-8-10-17(11-9-16)15-23-12-4-5-13-23/h8-11,18H,2-7,12-15H2,1H3,(H2,20,21,22). The summed E-state index contributed by atoms with van der Waals surface area (Å²) < 4.78 is 0. The minimum absolute atomic E-state index is 0.601. The summed E-state index contributed by atoms with van der Waals surface area (Å²) >= 11 is 0. The van der Waals surface area contributed by atoms with Crippen molar-refractivity contribution in [1.29, 1.82) is 0 Å². The lowest BCUT2D eigenvalue weighted by molar-refractivity contribution is 0.331. The summed E-state index contributed by atoms with van der Waals surface area (Å²) in [6, 6.07) is 9.61. The average Bonchev–Trinajstić information content (AvgIpc) is 3.26. The third-order valence-corrected chi connectivity index (χ3v) is 5.01. The molecular formula is C19H30N4. The van der Waals surface area contributed by atoms with Crippen LogP contribution < -0.4 is 10.6 Å². The van der Waals surface area contributed by atoms with Gasteiger partial charge in [0.25, 0.3) is 0 Å². The highest BCUT2D eigenvalue weighted by molar-refractivity contribution is 5.79. The van der Waals surface area contributed by atoms with Crippen LogP contribution in [-0.4, -0.2) is 37.0 Å². The summed E-state index contributed by atoms with van der Waals surface area (Å²) in [5, 5.41) is 6.96. The van der Waals surface area contributed by atoms with Gasteiger partial charge in [0.05, 0.1) is 0 Å². The molecule has 1 aromatic carbocycles. The van der Waals surface area contributed by atoms with Gasteiger partial charge < -0.3 is 10.6 Å². The van der Waals surface area contributed by atoms with E-state index in [9.17, 15) is 0 Å². The highest BCUT2D eigenvalue weighted by Gasteiger charge is 2.15. The molecule has 1 saturated carbocycles. The first-order chi connectivity index (χ1) is 11.3. The first kappa shape index (κ1) is 16.3. The van der Waals surface area contributed by atoms with E-state index in [2.05, 4.69) is 44.8 Å². The molecule has 0 aromatic heterocycles. The molecule has 0 amide bonds. The fraction of sp³-hybridized carbons (Fsp3) is 0.632. The van der Waals surface area contributed by atoms with Gasteiger partial charge in [-0.2, -0.15) is 0 Å². The summed E-state index contributed by atoms with van der Waals surface area (Å²) in [5.74, 6) is 0.929. The molecule has 1 heterocycles. The Bertz CT molecular complexity index is 497. The average molecular weight is 314 g/mol. The van der Waals surface area contributed by atoms with Gasteiger partial charge in [-0.3, -0.25) is 9.89 Å². The molecule has 0 atom stereocenters. The second-order valence-electron chi connectivity index (χ2n) is 6.85. The number of nitrogens with one attached hydrogen (secondary N) is 2. The molecule has 0 bridgehead atoms. The monoisotopic (exact) mass is 314 g/mol. The van der Waals surface area contributed by atoms with Gasteiger partial charge in [-0.15, -0.1) is 0 Å². The molecule has 4 nitrogen and oxygen atoms in total. The second-order valence-corrected chi connectivity index (χ2v) is 6.85. The van der Waals surface area contributed by atoms with Crippen molar-refractivity contribution < 1.29 is 0 Å². The van der Waals surface area contributed by atoms with Gasteiger partial charge in [0.2, 0.25) is 0 Å². The Hall–Kier alpha value is -1.55. The van der Waals surface area contributed by atoms with Crippen molar-refractivity contribution >= 4 is 5.96 Å². The zero-order chi connectivity index (χ0) is 15.9. The smallest absolute Gasteiger partial charge is 0.191 e. The lowest BCUT2D eigenvalue weighted by Gasteiger charge is -2.17. The molecule has 23 heavy (non-hydrogen) atoms. The molecule has 1 aliphatic heterocycles. The number of hydrogen-bond acceptors (Lipinski definition) is 2. The van der Waals surface area contributed by atoms with Crippen LogP contribution in [0.5, 0.6) is 0 Å². The Kier molecular flexibility index (Phi) is 5.92. The Labute approximate surface area is 140 Å². The maximum absolute atomic E-state index is 4.34. The van der Waals surface area contributed by atoms with Crippen LogP contribution in [0.3, 0.4) is 0 Å². The van der Waals surface area contributed by atoms with E-state index in [1.165, 1.54) is 62.7 Å². The van der Waals surface area contributed by atoms with E-state index < -0.39 is 0 Å². The molecule has 0 spiro atoms. The van der Waals surface area contributed by atoms with Crippen LogP contribution in [0.4, 0.5) is 0 Å². The van der Waals surface area contributed by atoms with E-state index in [1.54, 1.807) is 0 Å². The molecule has 4 heteroatoms. The van der Waals surface area contributed by atoms with Crippen LogP contribution in [0.25, 0.3) is 0 Å². The lowest BCUT2D eigenvalue weighted by atomic mass is 10.1. The van der Waals surface area contributed by atoms with Gasteiger partial charge in [0, 0.05) is 26.2 Å². The van der Waals surface area contributed by atoms with Crippen LogP contribution in [0, 0.1) is 0 Å². The predicted octanol–water partition coefficient (Wildman–Crippen LogP) is 2.89. The van der Waals surface area contributed by atoms with E-state index in [-0.39, 0.29) is 0 Å². The molecule has 2 fully saturated rings. The normalized spacial score (nSPS) is 20.1. The third kappa shape index (κ3) is 4.96. The number of nitrogens with zero attached hydrogens (tertiary/aromatic N) is 2. The van der Waals surface area contributed by atoms with E-state index in [4.69, 9.17) is 0 Å². The zero-order valence-electron chi connectivity index (χ0n) is 14.4. The van der Waals surface area contributed by atoms with E-state index in [0.717, 1.165) is 19.0 Å². The number of likely N-dealkylation sites (tertiary alicyclic amines) is 1. The molecular weight excluding hydrogens is 284 g/mol. The molecule has 126 valence electrons. The summed E-state index contributed by atoms with van der Waals surface area (Å²) in [5.41, 5.74) is 2.73. The van der Waals surface area contributed by atoms with Crippen molar-refractivity contribution in [1.82, 2.24) is 15.5 Å². The SMILES string of the molecule is CN=C(NCc1ccc(CN2CCCC2)cc1)NC1CCCC1. The fourth-order valence-electron chi connectivity index (χ4n) is 3.61. The lowest BCUT2D eigenvalue weighted by Crippen LogP contribution is -2.41. The number of hydrogen-bond donors (Lipinski definition) is 2. The van der Waals surface area contributed by atoms with Crippen LogP contribution in [0.2, 0.25) is 0 Å². The highest BCUT2D eigenvalue weighted by Crippen LogP contribution is 2.17. The van der Waals surface area contributed by atoms with Crippen molar-refractivity contribution in [3.8, 4) is 0 Å². The molecule has 2 aliphatic rings. The Morgan fingerprint density at radius 1 is 1.04 bits per heavy atom. The maximum Gasteiger partial charge on any atom is 0.191 e. The molecule has 2 N–H and O–H groups in total. The van der Waals surface area contributed by atoms with Gasteiger partial charge in [-0.1, -0.05) is 37.1 Å². The second kappa shape index (κ2) is 8.34. The van der Waals surface area contributed by atoms with E-state index in [1.807, 2.05) is 7.05 Å². The van der Waals surface area contributed by atoms with Gasteiger partial charge in [0.1, 0.15) is 0 Å².